The zero-order valence-corrected chi connectivity index (χ0v) is 17.7. The number of rotatable bonds is 5. The highest BCUT2D eigenvalue weighted by molar-refractivity contribution is 5.84. The van der Waals surface area contributed by atoms with E-state index < -0.39 is 0 Å². The van der Waals surface area contributed by atoms with Crippen molar-refractivity contribution in [3.63, 3.8) is 0 Å². The topological polar surface area (TPSA) is 76.9 Å². The van der Waals surface area contributed by atoms with E-state index in [1.807, 2.05) is 42.5 Å². The largest absolute Gasteiger partial charge is 0.348 e. The van der Waals surface area contributed by atoms with Gasteiger partial charge in [-0.2, -0.15) is 5.10 Å². The van der Waals surface area contributed by atoms with Crippen LogP contribution in [-0.4, -0.2) is 20.7 Å². The quantitative estimate of drug-likeness (QED) is 0.531. The van der Waals surface area contributed by atoms with Gasteiger partial charge in [-0.1, -0.05) is 48.5 Å². The maximum atomic E-state index is 13.1. The number of fused-ring (bicyclic) bond motifs is 2. The van der Waals surface area contributed by atoms with Crippen molar-refractivity contribution in [1.82, 2.24) is 20.1 Å². The number of carbonyl (C=O) groups is 1. The molecule has 6 heteroatoms. The summed E-state index contributed by atoms with van der Waals surface area (Å²) in [5.41, 5.74) is 3.95. The van der Waals surface area contributed by atoms with Crippen LogP contribution in [0.4, 0.5) is 0 Å². The van der Waals surface area contributed by atoms with Gasteiger partial charge < -0.3 is 5.32 Å². The Morgan fingerprint density at radius 2 is 1.84 bits per heavy atom. The van der Waals surface area contributed by atoms with Crippen LogP contribution in [0, 0.1) is 0 Å². The molecule has 0 bridgehead atoms. The Labute approximate surface area is 185 Å². The lowest BCUT2D eigenvalue weighted by atomic mass is 9.88. The smallest absolute Gasteiger partial charge is 0.275 e. The van der Waals surface area contributed by atoms with Gasteiger partial charge >= 0.3 is 0 Å². The molecule has 32 heavy (non-hydrogen) atoms. The molecule has 160 valence electrons. The highest BCUT2D eigenvalue weighted by Gasteiger charge is 2.22. The molecule has 0 spiro atoms. The lowest BCUT2D eigenvalue weighted by molar-refractivity contribution is -0.122. The Morgan fingerprint density at radius 3 is 2.69 bits per heavy atom. The minimum atomic E-state index is -0.255. The van der Waals surface area contributed by atoms with Gasteiger partial charge in [0.15, 0.2) is 0 Å². The number of hydrogen-bond acceptors (Lipinski definition) is 4. The van der Waals surface area contributed by atoms with Crippen LogP contribution in [0.15, 0.2) is 77.9 Å². The summed E-state index contributed by atoms with van der Waals surface area (Å²) in [6.45, 7) is -0.109. The van der Waals surface area contributed by atoms with E-state index in [1.165, 1.54) is 15.8 Å². The fraction of sp³-hybridized carbons (Fsp3) is 0.231. The predicted octanol–water partition coefficient (Wildman–Crippen LogP) is 3.58. The van der Waals surface area contributed by atoms with Crippen LogP contribution in [0.3, 0.4) is 0 Å². The fourth-order valence-electron chi connectivity index (χ4n) is 4.52. The summed E-state index contributed by atoms with van der Waals surface area (Å²) >= 11 is 0. The molecular formula is C26H24N4O2. The summed E-state index contributed by atoms with van der Waals surface area (Å²) in [7, 11) is 0. The summed E-state index contributed by atoms with van der Waals surface area (Å²) in [4.78, 5) is 30.2. The maximum absolute atomic E-state index is 13.1. The van der Waals surface area contributed by atoms with Crippen LogP contribution in [0.5, 0.6) is 0 Å². The van der Waals surface area contributed by atoms with Crippen molar-refractivity contribution < 1.29 is 4.79 Å². The Hall–Kier alpha value is -3.80. The lowest BCUT2D eigenvalue weighted by Gasteiger charge is -2.26. The van der Waals surface area contributed by atoms with Gasteiger partial charge in [0.1, 0.15) is 6.54 Å². The Balaban J connectivity index is 1.44. The summed E-state index contributed by atoms with van der Waals surface area (Å²) in [6, 6.07) is 19.5. The van der Waals surface area contributed by atoms with Gasteiger partial charge in [0, 0.05) is 24.2 Å². The van der Waals surface area contributed by atoms with Gasteiger partial charge in [-0.15, -0.1) is 0 Å². The van der Waals surface area contributed by atoms with Gasteiger partial charge in [0.2, 0.25) is 5.91 Å². The maximum Gasteiger partial charge on any atom is 0.275 e. The molecule has 0 saturated heterocycles. The third kappa shape index (κ3) is 4.04. The fourth-order valence-corrected chi connectivity index (χ4v) is 4.52. The molecular weight excluding hydrogens is 400 g/mol. The van der Waals surface area contributed by atoms with E-state index >= 15 is 0 Å². The number of amides is 1. The zero-order valence-electron chi connectivity index (χ0n) is 17.7. The van der Waals surface area contributed by atoms with E-state index in [-0.39, 0.29) is 24.1 Å². The second kappa shape index (κ2) is 8.75. The first-order valence-electron chi connectivity index (χ1n) is 10.9. The van der Waals surface area contributed by atoms with Crippen LogP contribution in [0.1, 0.15) is 41.3 Å². The molecule has 1 amide bonds. The first kappa shape index (κ1) is 20.1. The van der Waals surface area contributed by atoms with Gasteiger partial charge in [-0.25, -0.2) is 4.68 Å². The summed E-state index contributed by atoms with van der Waals surface area (Å²) < 4.78 is 1.29. The predicted molar refractivity (Wildman–Crippen MR) is 123 cm³/mol. The molecule has 1 aliphatic carbocycles. The molecule has 1 unspecified atom stereocenters. The van der Waals surface area contributed by atoms with Crippen molar-refractivity contribution in [2.45, 2.75) is 38.3 Å². The van der Waals surface area contributed by atoms with E-state index in [2.05, 4.69) is 27.5 Å². The summed E-state index contributed by atoms with van der Waals surface area (Å²) in [5, 5.41) is 9.08. The molecule has 1 aliphatic rings. The van der Waals surface area contributed by atoms with E-state index in [0.29, 0.717) is 11.8 Å². The third-order valence-electron chi connectivity index (χ3n) is 6.04. The van der Waals surface area contributed by atoms with Crippen LogP contribution in [-0.2, 0) is 24.2 Å². The van der Waals surface area contributed by atoms with Crippen LogP contribution < -0.4 is 10.9 Å². The van der Waals surface area contributed by atoms with Crippen molar-refractivity contribution in [3.05, 3.63) is 106 Å². The van der Waals surface area contributed by atoms with Crippen molar-refractivity contribution >= 4 is 16.7 Å². The number of nitrogens with zero attached hydrogens (tertiary/aromatic N) is 3. The monoisotopic (exact) mass is 424 g/mol. The molecule has 4 aromatic rings. The number of carbonyl (C=O) groups excluding carboxylic acids is 1. The molecule has 0 saturated carbocycles. The molecule has 6 nitrogen and oxygen atoms in total. The molecule has 1 atom stereocenters. The molecule has 2 aromatic carbocycles. The Bertz CT molecular complexity index is 1330. The molecule has 2 aromatic heterocycles. The first-order valence-corrected chi connectivity index (χ1v) is 10.9. The number of pyridine rings is 1. The second-order valence-electron chi connectivity index (χ2n) is 8.20. The highest BCUT2D eigenvalue weighted by Crippen LogP contribution is 2.29. The highest BCUT2D eigenvalue weighted by atomic mass is 16.2. The van der Waals surface area contributed by atoms with Gasteiger partial charge in [-0.3, -0.25) is 14.6 Å². The van der Waals surface area contributed by atoms with Crippen molar-refractivity contribution in [2.75, 3.05) is 0 Å². The average Bonchev–Trinajstić information content (AvgIpc) is 2.83. The molecule has 0 aliphatic heterocycles. The molecule has 2 heterocycles. The molecule has 5 rings (SSSR count). The van der Waals surface area contributed by atoms with Crippen LogP contribution >= 0.6 is 0 Å². The Morgan fingerprint density at radius 1 is 1.03 bits per heavy atom. The Kier molecular flexibility index (Phi) is 5.50. The normalized spacial score (nSPS) is 15.3. The van der Waals surface area contributed by atoms with E-state index in [0.717, 1.165) is 35.9 Å². The molecule has 1 N–H and O–H groups in total. The third-order valence-corrected chi connectivity index (χ3v) is 6.04. The zero-order chi connectivity index (χ0) is 21.9. The standard InChI is InChI=1S/C26H24N4O2/c31-25(28-23-13-5-9-19-8-1-2-10-20(19)23)17-30-26(32)22-12-4-3-11-21(22)24(29-30)15-18-7-6-14-27-16-18/h1-4,6-8,10-12,14,16,23H,5,9,13,15,17H2,(H,28,31). The van der Waals surface area contributed by atoms with Crippen molar-refractivity contribution in [2.24, 2.45) is 0 Å². The number of aromatic nitrogens is 3. The summed E-state index contributed by atoms with van der Waals surface area (Å²) in [5.74, 6) is -0.205. The van der Waals surface area contributed by atoms with E-state index in [9.17, 15) is 9.59 Å². The lowest BCUT2D eigenvalue weighted by Crippen LogP contribution is -2.37. The van der Waals surface area contributed by atoms with Gasteiger partial charge in [-0.05, 0) is 48.1 Å². The minimum Gasteiger partial charge on any atom is -0.348 e. The molecule has 0 radical (unpaired) electrons. The van der Waals surface area contributed by atoms with E-state index in [4.69, 9.17) is 0 Å². The van der Waals surface area contributed by atoms with Gasteiger partial charge in [0.25, 0.3) is 5.56 Å². The number of aryl methyl sites for hydroxylation is 1. The molecule has 0 fully saturated rings. The van der Waals surface area contributed by atoms with E-state index in [1.54, 1.807) is 18.5 Å². The minimum absolute atomic E-state index is 0.0292. The second-order valence-corrected chi connectivity index (χ2v) is 8.20. The number of hydrogen-bond donors (Lipinski definition) is 1. The summed E-state index contributed by atoms with van der Waals surface area (Å²) in [6.07, 6.45) is 7.02. The number of nitrogens with one attached hydrogen (secondary N) is 1. The SMILES string of the molecule is O=C(Cn1nc(Cc2cccnc2)c2ccccc2c1=O)NC1CCCc2ccccc21. The van der Waals surface area contributed by atoms with Crippen LogP contribution in [0.25, 0.3) is 10.8 Å². The van der Waals surface area contributed by atoms with Crippen molar-refractivity contribution in [1.29, 1.82) is 0 Å². The van der Waals surface area contributed by atoms with Crippen LogP contribution in [0.2, 0.25) is 0 Å². The average molecular weight is 425 g/mol. The van der Waals surface area contributed by atoms with Gasteiger partial charge in [0.05, 0.1) is 17.1 Å². The first-order chi connectivity index (χ1) is 15.7. The van der Waals surface area contributed by atoms with Crippen molar-refractivity contribution in [3.8, 4) is 0 Å². The number of benzene rings is 2.